The van der Waals surface area contributed by atoms with E-state index in [4.69, 9.17) is 18.9 Å². The molecule has 0 saturated heterocycles. The van der Waals surface area contributed by atoms with Crippen molar-refractivity contribution < 1.29 is 23.7 Å². The van der Waals surface area contributed by atoms with E-state index in [9.17, 15) is 4.79 Å². The van der Waals surface area contributed by atoms with Crippen LogP contribution in [0.25, 0.3) is 0 Å². The van der Waals surface area contributed by atoms with Gasteiger partial charge in [-0.15, -0.1) is 0 Å². The van der Waals surface area contributed by atoms with Crippen LogP contribution >= 0.6 is 0 Å². The van der Waals surface area contributed by atoms with Crippen LogP contribution in [-0.4, -0.2) is 31.6 Å². The summed E-state index contributed by atoms with van der Waals surface area (Å²) < 4.78 is 22.0. The maximum atomic E-state index is 12.0. The Labute approximate surface area is 171 Å². The zero-order valence-corrected chi connectivity index (χ0v) is 17.1. The SMILES string of the molecule is CC(C)(C)OCc1cccc(CNC(=O)NCCOc2ccc3c(c2)OCO3)c1. The zero-order chi connectivity index (χ0) is 20.7. The molecule has 0 aromatic heterocycles. The van der Waals surface area contributed by atoms with Crippen LogP contribution in [0.4, 0.5) is 4.79 Å². The van der Waals surface area contributed by atoms with Gasteiger partial charge in [0.05, 0.1) is 18.8 Å². The average Bonchev–Trinajstić information content (AvgIpc) is 3.16. The minimum Gasteiger partial charge on any atom is -0.492 e. The van der Waals surface area contributed by atoms with Crippen molar-refractivity contribution in [1.29, 1.82) is 0 Å². The largest absolute Gasteiger partial charge is 0.492 e. The van der Waals surface area contributed by atoms with E-state index < -0.39 is 0 Å². The van der Waals surface area contributed by atoms with E-state index in [0.717, 1.165) is 11.1 Å². The van der Waals surface area contributed by atoms with E-state index in [1.54, 1.807) is 12.1 Å². The fourth-order valence-corrected chi connectivity index (χ4v) is 2.67. The first-order valence-electron chi connectivity index (χ1n) is 9.65. The molecule has 1 aliphatic rings. The lowest BCUT2D eigenvalue weighted by Gasteiger charge is -2.19. The first kappa shape index (κ1) is 20.8. The van der Waals surface area contributed by atoms with Crippen LogP contribution in [-0.2, 0) is 17.9 Å². The van der Waals surface area contributed by atoms with Gasteiger partial charge < -0.3 is 29.6 Å². The summed E-state index contributed by atoms with van der Waals surface area (Å²) in [5.74, 6) is 2.05. The van der Waals surface area contributed by atoms with Crippen molar-refractivity contribution in [3.8, 4) is 17.2 Å². The van der Waals surface area contributed by atoms with Gasteiger partial charge in [0.1, 0.15) is 12.4 Å². The highest BCUT2D eigenvalue weighted by atomic mass is 16.7. The second kappa shape index (κ2) is 9.52. The topological polar surface area (TPSA) is 78.1 Å². The van der Waals surface area contributed by atoms with Crippen molar-refractivity contribution in [2.24, 2.45) is 0 Å². The zero-order valence-electron chi connectivity index (χ0n) is 17.1. The minimum atomic E-state index is -0.240. The number of nitrogens with one attached hydrogen (secondary N) is 2. The molecule has 156 valence electrons. The summed E-state index contributed by atoms with van der Waals surface area (Å²) in [6, 6.07) is 13.1. The van der Waals surface area contributed by atoms with Gasteiger partial charge in [0.25, 0.3) is 0 Å². The molecule has 7 heteroatoms. The van der Waals surface area contributed by atoms with Crippen molar-refractivity contribution in [3.63, 3.8) is 0 Å². The smallest absolute Gasteiger partial charge is 0.315 e. The second-order valence-corrected chi connectivity index (χ2v) is 7.69. The van der Waals surface area contributed by atoms with Gasteiger partial charge >= 0.3 is 6.03 Å². The van der Waals surface area contributed by atoms with Crippen molar-refractivity contribution in [2.45, 2.75) is 39.5 Å². The number of benzene rings is 2. The van der Waals surface area contributed by atoms with Crippen LogP contribution in [0, 0.1) is 0 Å². The lowest BCUT2D eigenvalue weighted by Crippen LogP contribution is -2.37. The molecule has 3 rings (SSSR count). The highest BCUT2D eigenvalue weighted by Crippen LogP contribution is 2.34. The Morgan fingerprint density at radius 1 is 1.03 bits per heavy atom. The van der Waals surface area contributed by atoms with E-state index in [1.807, 2.05) is 51.1 Å². The van der Waals surface area contributed by atoms with E-state index in [1.165, 1.54) is 0 Å². The summed E-state index contributed by atoms with van der Waals surface area (Å²) in [5, 5.41) is 5.63. The Morgan fingerprint density at radius 2 is 1.83 bits per heavy atom. The number of rotatable bonds is 8. The fraction of sp³-hybridized carbons (Fsp3) is 0.409. The summed E-state index contributed by atoms with van der Waals surface area (Å²) in [6.45, 7) is 8.04. The summed E-state index contributed by atoms with van der Waals surface area (Å²) >= 11 is 0. The first-order valence-corrected chi connectivity index (χ1v) is 9.65. The molecule has 0 saturated carbocycles. The molecule has 0 unspecified atom stereocenters. The number of fused-ring (bicyclic) bond motifs is 1. The minimum absolute atomic E-state index is 0.184. The lowest BCUT2D eigenvalue weighted by molar-refractivity contribution is -0.0149. The third kappa shape index (κ3) is 6.87. The monoisotopic (exact) mass is 400 g/mol. The molecule has 2 aromatic carbocycles. The lowest BCUT2D eigenvalue weighted by atomic mass is 10.1. The average molecular weight is 400 g/mol. The molecule has 0 spiro atoms. The van der Waals surface area contributed by atoms with Gasteiger partial charge in [0.2, 0.25) is 6.79 Å². The highest BCUT2D eigenvalue weighted by Gasteiger charge is 2.13. The molecule has 0 fully saturated rings. The maximum Gasteiger partial charge on any atom is 0.315 e. The number of carbonyl (C=O) groups is 1. The van der Waals surface area contributed by atoms with E-state index in [2.05, 4.69) is 10.6 Å². The van der Waals surface area contributed by atoms with Gasteiger partial charge in [-0.1, -0.05) is 24.3 Å². The number of hydrogen-bond donors (Lipinski definition) is 2. The molecule has 7 nitrogen and oxygen atoms in total. The standard InChI is InChI=1S/C22H28N2O5/c1-22(2,3)29-14-17-6-4-5-16(11-17)13-24-21(25)23-9-10-26-18-7-8-19-20(12-18)28-15-27-19/h4-8,11-12H,9-10,13-15H2,1-3H3,(H2,23,24,25). The van der Waals surface area contributed by atoms with Crippen LogP contribution in [0.15, 0.2) is 42.5 Å². The highest BCUT2D eigenvalue weighted by molar-refractivity contribution is 5.73. The molecular weight excluding hydrogens is 372 g/mol. The second-order valence-electron chi connectivity index (χ2n) is 7.69. The molecule has 0 bridgehead atoms. The first-order chi connectivity index (χ1) is 13.9. The van der Waals surface area contributed by atoms with Crippen molar-refractivity contribution in [2.75, 3.05) is 19.9 Å². The van der Waals surface area contributed by atoms with Gasteiger partial charge in [0.15, 0.2) is 11.5 Å². The van der Waals surface area contributed by atoms with Crippen molar-refractivity contribution in [3.05, 3.63) is 53.6 Å². The quantitative estimate of drug-likeness (QED) is 0.662. The van der Waals surface area contributed by atoms with Crippen LogP contribution in [0.1, 0.15) is 31.9 Å². The molecule has 29 heavy (non-hydrogen) atoms. The number of amides is 2. The number of carbonyl (C=O) groups excluding carboxylic acids is 1. The fourth-order valence-electron chi connectivity index (χ4n) is 2.67. The van der Waals surface area contributed by atoms with E-state index >= 15 is 0 Å². The molecular formula is C22H28N2O5. The van der Waals surface area contributed by atoms with Gasteiger partial charge in [-0.3, -0.25) is 0 Å². The maximum absolute atomic E-state index is 12.0. The predicted molar refractivity (Wildman–Crippen MR) is 109 cm³/mol. The van der Waals surface area contributed by atoms with Gasteiger partial charge in [-0.25, -0.2) is 4.79 Å². The summed E-state index contributed by atoms with van der Waals surface area (Å²) in [7, 11) is 0. The van der Waals surface area contributed by atoms with Crippen LogP contribution < -0.4 is 24.8 Å². The Hall–Kier alpha value is -2.93. The van der Waals surface area contributed by atoms with Gasteiger partial charge in [0, 0.05) is 12.6 Å². The van der Waals surface area contributed by atoms with Crippen LogP contribution in [0.5, 0.6) is 17.2 Å². The number of ether oxygens (including phenoxy) is 4. The Balaban J connectivity index is 1.35. The molecule has 1 heterocycles. The number of hydrogen-bond acceptors (Lipinski definition) is 5. The Morgan fingerprint density at radius 3 is 2.66 bits per heavy atom. The van der Waals surface area contributed by atoms with Crippen LogP contribution in [0.2, 0.25) is 0 Å². The third-order valence-electron chi connectivity index (χ3n) is 4.12. The molecule has 0 aliphatic carbocycles. The summed E-state index contributed by atoms with van der Waals surface area (Å²) in [6.07, 6.45) is 0. The molecule has 2 aromatic rings. The summed E-state index contributed by atoms with van der Waals surface area (Å²) in [5.41, 5.74) is 1.92. The molecule has 2 amide bonds. The molecule has 2 N–H and O–H groups in total. The molecule has 0 atom stereocenters. The Kier molecular flexibility index (Phi) is 6.82. The van der Waals surface area contributed by atoms with Crippen molar-refractivity contribution in [1.82, 2.24) is 10.6 Å². The molecule has 0 radical (unpaired) electrons. The third-order valence-corrected chi connectivity index (χ3v) is 4.12. The van der Waals surface area contributed by atoms with Gasteiger partial charge in [-0.05, 0) is 44.0 Å². The predicted octanol–water partition coefficient (Wildman–Crippen LogP) is 3.61. The Bertz CT molecular complexity index is 832. The molecule has 1 aliphatic heterocycles. The van der Waals surface area contributed by atoms with Gasteiger partial charge in [-0.2, -0.15) is 0 Å². The van der Waals surface area contributed by atoms with E-state index in [0.29, 0.717) is 43.6 Å². The van der Waals surface area contributed by atoms with Crippen LogP contribution in [0.3, 0.4) is 0 Å². The van der Waals surface area contributed by atoms with E-state index in [-0.39, 0.29) is 18.4 Å². The van der Waals surface area contributed by atoms with Crippen molar-refractivity contribution >= 4 is 6.03 Å². The normalized spacial score (nSPS) is 12.5. The summed E-state index contributed by atoms with van der Waals surface area (Å²) in [4.78, 5) is 12.0. The number of urea groups is 1.